The molecule has 131 valence electrons. The number of Topliss-reactive ketones (excluding diaryl/α,β-unsaturated/α-hetero) is 1. The fraction of sp³-hybridized carbons (Fsp3) is 0.333. The number of nitrogens with zero attached hydrogens (tertiary/aromatic N) is 1. The fourth-order valence-corrected chi connectivity index (χ4v) is 4.05. The van der Waals surface area contributed by atoms with E-state index in [1.807, 2.05) is 24.4 Å². The molecule has 1 aliphatic rings. The van der Waals surface area contributed by atoms with Gasteiger partial charge in [-0.25, -0.2) is 0 Å². The van der Waals surface area contributed by atoms with E-state index in [4.69, 9.17) is 5.73 Å². The molecule has 0 saturated heterocycles. The molecule has 1 aromatic heterocycles. The third-order valence-corrected chi connectivity index (χ3v) is 5.71. The van der Waals surface area contributed by atoms with Gasteiger partial charge in [-0.15, -0.1) is 0 Å². The van der Waals surface area contributed by atoms with E-state index in [1.165, 1.54) is 30.3 Å². The number of rotatable bonds is 5. The summed E-state index contributed by atoms with van der Waals surface area (Å²) in [6.07, 6.45) is 4.33. The third kappa shape index (κ3) is 4.71. The summed E-state index contributed by atoms with van der Waals surface area (Å²) in [5, 5.41) is 0. The number of imidazole rings is 1. The molecule has 0 amide bonds. The normalized spacial score (nSPS) is 16.6. The maximum Gasteiger partial charge on any atom is -1.00 e. The van der Waals surface area contributed by atoms with Crippen LogP contribution in [0.15, 0.2) is 36.0 Å². The molecule has 1 aromatic carbocycles. The maximum atomic E-state index is 12.8. The predicted molar refractivity (Wildman–Crippen MR) is 86.5 cm³/mol. The van der Waals surface area contributed by atoms with Crippen molar-refractivity contribution in [3.05, 3.63) is 58.7 Å². The molecule has 4 nitrogen and oxygen atoms in total. The van der Waals surface area contributed by atoms with Gasteiger partial charge in [0.15, 0.2) is 0 Å². The van der Waals surface area contributed by atoms with Crippen molar-refractivity contribution in [3.8, 4) is 0 Å². The summed E-state index contributed by atoms with van der Waals surface area (Å²) in [5.74, 6) is 1.31. The van der Waals surface area contributed by atoms with Crippen LogP contribution in [0.4, 0.5) is 0 Å². The number of carbonyl (C=O) groups excluding carboxylic acids is 1. The molecule has 0 saturated carbocycles. The Labute approximate surface area is 175 Å². The quantitative estimate of drug-likeness (QED) is 0.495. The van der Waals surface area contributed by atoms with Gasteiger partial charge in [0, 0.05) is 0 Å². The van der Waals surface area contributed by atoms with E-state index in [0.717, 1.165) is 22.7 Å². The number of halogens is 2. The van der Waals surface area contributed by atoms with Crippen LogP contribution in [-0.4, -0.2) is 21.8 Å². The van der Waals surface area contributed by atoms with Crippen LogP contribution < -0.4 is 30.5 Å². The van der Waals surface area contributed by atoms with E-state index < -0.39 is 6.04 Å². The number of ketones is 1. The molecule has 3 rings (SSSR count). The minimum absolute atomic E-state index is 0. The molecule has 0 radical (unpaired) electrons. The van der Waals surface area contributed by atoms with Crippen LogP contribution in [0.5, 0.6) is 0 Å². The Balaban J connectivity index is 0.00000156. The molecule has 2 aromatic rings. The van der Waals surface area contributed by atoms with Crippen LogP contribution in [0, 0.1) is 0 Å². The van der Waals surface area contributed by atoms with Crippen molar-refractivity contribution < 1.29 is 54.3 Å². The van der Waals surface area contributed by atoms with Gasteiger partial charge in [0.2, 0.25) is 0 Å². The zero-order valence-corrected chi connectivity index (χ0v) is 18.1. The number of benzene rings is 1. The van der Waals surface area contributed by atoms with Crippen LogP contribution in [0.3, 0.4) is 0 Å². The minimum atomic E-state index is -0.540. The van der Waals surface area contributed by atoms with E-state index >= 15 is 0 Å². The van der Waals surface area contributed by atoms with Crippen molar-refractivity contribution in [1.29, 1.82) is 0 Å². The second kappa shape index (κ2) is 9.27. The van der Waals surface area contributed by atoms with Crippen molar-refractivity contribution in [1.82, 2.24) is 9.97 Å². The molecule has 0 aliphatic heterocycles. The topological polar surface area (TPSA) is 71.8 Å². The van der Waals surface area contributed by atoms with E-state index in [9.17, 15) is 4.79 Å². The second-order valence-electron chi connectivity index (χ2n) is 6.27. The SMILES string of the molecule is CC(C)c1nc(C[C@H](N)C(=O)C2=Cc3ccccc3[CH]2[Zr+2])c[nH]1.[Cl-].[Cl-]. The van der Waals surface area contributed by atoms with Gasteiger partial charge in [-0.2, -0.15) is 0 Å². The van der Waals surface area contributed by atoms with Crippen LogP contribution in [0.1, 0.15) is 46.0 Å². The molecule has 1 unspecified atom stereocenters. The number of hydrogen-bond acceptors (Lipinski definition) is 3. The van der Waals surface area contributed by atoms with Crippen LogP contribution >= 0.6 is 0 Å². The Bertz CT molecular complexity index is 773. The first-order valence-electron chi connectivity index (χ1n) is 7.83. The number of H-pyrrole nitrogens is 1. The summed E-state index contributed by atoms with van der Waals surface area (Å²) in [5.41, 5.74) is 10.3. The van der Waals surface area contributed by atoms with Crippen LogP contribution in [0.25, 0.3) is 6.08 Å². The first kappa shape index (κ1) is 22.3. The van der Waals surface area contributed by atoms with Gasteiger partial charge in [-0.3, -0.25) is 0 Å². The van der Waals surface area contributed by atoms with E-state index in [0.29, 0.717) is 12.3 Å². The van der Waals surface area contributed by atoms with Gasteiger partial charge in [-0.1, -0.05) is 0 Å². The molecule has 2 atom stereocenters. The van der Waals surface area contributed by atoms with Crippen molar-refractivity contribution in [2.45, 2.75) is 35.9 Å². The molecule has 0 spiro atoms. The summed E-state index contributed by atoms with van der Waals surface area (Å²) in [6.45, 7) is 4.16. The molecule has 25 heavy (non-hydrogen) atoms. The second-order valence-corrected chi connectivity index (χ2v) is 7.69. The monoisotopic (exact) mass is 454 g/mol. The molecule has 0 bridgehead atoms. The van der Waals surface area contributed by atoms with Crippen molar-refractivity contribution >= 4 is 11.9 Å². The third-order valence-electron chi connectivity index (χ3n) is 4.18. The van der Waals surface area contributed by atoms with Crippen molar-refractivity contribution in [2.24, 2.45) is 5.73 Å². The maximum absolute atomic E-state index is 12.8. The number of nitrogens with one attached hydrogen (secondary N) is 1. The molecule has 1 heterocycles. The Kier molecular flexibility index (Phi) is 8.27. The minimum Gasteiger partial charge on any atom is -1.00 e. The summed E-state index contributed by atoms with van der Waals surface area (Å²) >= 11 is 1.32. The van der Waals surface area contributed by atoms with Gasteiger partial charge in [0.1, 0.15) is 0 Å². The average Bonchev–Trinajstić information content (AvgIpc) is 3.12. The number of carbonyl (C=O) groups is 1. The number of aromatic nitrogens is 2. The number of fused-ring (bicyclic) bond motifs is 1. The van der Waals surface area contributed by atoms with E-state index in [-0.39, 0.29) is 34.2 Å². The number of hydrogen-bond donors (Lipinski definition) is 2. The van der Waals surface area contributed by atoms with Crippen LogP contribution in [-0.2, 0) is 35.9 Å². The first-order valence-corrected chi connectivity index (χ1v) is 9.25. The fourth-order valence-electron chi connectivity index (χ4n) is 2.85. The molecular formula is C18H20Cl2N3OZr. The Morgan fingerprint density at radius 1 is 1.32 bits per heavy atom. The molecule has 3 N–H and O–H groups in total. The average molecular weight is 457 g/mol. The van der Waals surface area contributed by atoms with E-state index in [1.54, 1.807) is 0 Å². The van der Waals surface area contributed by atoms with Gasteiger partial charge in [0.25, 0.3) is 0 Å². The molecular weight excluding hydrogens is 436 g/mol. The van der Waals surface area contributed by atoms with E-state index in [2.05, 4.69) is 35.9 Å². The zero-order chi connectivity index (χ0) is 16.6. The van der Waals surface area contributed by atoms with Gasteiger partial charge >= 0.3 is 152 Å². The Hall–Kier alpha value is -0.737. The smallest absolute Gasteiger partial charge is 1.00 e. The Morgan fingerprint density at radius 3 is 2.60 bits per heavy atom. The summed E-state index contributed by atoms with van der Waals surface area (Å²) in [7, 11) is 0. The van der Waals surface area contributed by atoms with Gasteiger partial charge < -0.3 is 24.8 Å². The standard InChI is InChI=1S/C18H20N3O.2ClH.Zr/c1-11(2)18-20-10-15(21-18)9-16(19)17(22)14-7-12-5-3-4-6-13(12)8-14;;;/h3-8,10-11,16H,9,19H2,1-2H3,(H,20,21);2*1H;/q;;;+2/p-2/t16-;;;/m0.../s1. The van der Waals surface area contributed by atoms with Gasteiger partial charge in [-0.05, 0) is 0 Å². The summed E-state index contributed by atoms with van der Waals surface area (Å²) in [6, 6.07) is 7.64. The summed E-state index contributed by atoms with van der Waals surface area (Å²) in [4.78, 5) is 20.4. The number of aromatic amines is 1. The van der Waals surface area contributed by atoms with Crippen molar-refractivity contribution in [3.63, 3.8) is 0 Å². The van der Waals surface area contributed by atoms with Crippen LogP contribution in [0.2, 0.25) is 0 Å². The molecule has 0 fully saturated rings. The Morgan fingerprint density at radius 2 is 2.00 bits per heavy atom. The molecule has 1 aliphatic carbocycles. The first-order chi connectivity index (χ1) is 11.0. The number of nitrogens with two attached hydrogens (primary N) is 1. The largest absolute Gasteiger partial charge is 1.00 e. The zero-order valence-electron chi connectivity index (χ0n) is 14.1. The van der Waals surface area contributed by atoms with Crippen molar-refractivity contribution in [2.75, 3.05) is 0 Å². The van der Waals surface area contributed by atoms with Gasteiger partial charge in [0.05, 0.1) is 0 Å². The summed E-state index contributed by atoms with van der Waals surface area (Å²) < 4.78 is 0.197. The predicted octanol–water partition coefficient (Wildman–Crippen LogP) is -3.33. The molecule has 7 heteroatoms.